The summed E-state index contributed by atoms with van der Waals surface area (Å²) in [6.07, 6.45) is 2.18. The number of benzene rings is 1. The van der Waals surface area contributed by atoms with Gasteiger partial charge in [-0.15, -0.1) is 0 Å². The van der Waals surface area contributed by atoms with Gasteiger partial charge in [0.2, 0.25) is 5.91 Å². The molecule has 0 bridgehead atoms. The highest BCUT2D eigenvalue weighted by atomic mass is 16.6. The molecule has 7 unspecified atom stereocenters. The SMILES string of the molecule is CCOC(=O)c1cccc(NC(=O)OC2CCC3(C)C(CC(=O)N4CCCC4CO)C(O)CCC3C2(C)CO)c1. The van der Waals surface area contributed by atoms with E-state index in [1.54, 1.807) is 30.0 Å². The zero-order valence-electron chi connectivity index (χ0n) is 23.8. The number of aliphatic hydroxyl groups is 3. The molecule has 1 heterocycles. The summed E-state index contributed by atoms with van der Waals surface area (Å²) in [4.78, 5) is 40.1. The summed E-state index contributed by atoms with van der Waals surface area (Å²) in [5.74, 6) is -0.916. The normalized spacial score (nSPS) is 33.6. The van der Waals surface area contributed by atoms with Crippen molar-refractivity contribution in [1.82, 2.24) is 4.90 Å². The van der Waals surface area contributed by atoms with Crippen LogP contribution in [0.15, 0.2) is 24.3 Å². The van der Waals surface area contributed by atoms with Crippen molar-refractivity contribution in [3.05, 3.63) is 29.8 Å². The fourth-order valence-corrected chi connectivity index (χ4v) is 7.65. The number of rotatable bonds is 8. The number of nitrogens with zero attached hydrogens (tertiary/aromatic N) is 1. The second kappa shape index (κ2) is 12.4. The largest absolute Gasteiger partial charge is 0.462 e. The predicted molar refractivity (Wildman–Crippen MR) is 147 cm³/mol. The molecule has 10 nitrogen and oxygen atoms in total. The molecule has 3 aliphatic rings. The van der Waals surface area contributed by atoms with Crippen LogP contribution in [0.1, 0.15) is 76.1 Å². The number of carbonyl (C=O) groups excluding carboxylic acids is 3. The van der Waals surface area contributed by atoms with E-state index in [2.05, 4.69) is 12.2 Å². The van der Waals surface area contributed by atoms with Gasteiger partial charge < -0.3 is 29.7 Å². The van der Waals surface area contributed by atoms with Crippen LogP contribution in [0, 0.1) is 22.7 Å². The van der Waals surface area contributed by atoms with Gasteiger partial charge in [-0.05, 0) is 80.9 Å². The number of likely N-dealkylation sites (tertiary alicyclic amines) is 1. The summed E-state index contributed by atoms with van der Waals surface area (Å²) < 4.78 is 10.9. The van der Waals surface area contributed by atoms with E-state index in [9.17, 15) is 29.7 Å². The van der Waals surface area contributed by atoms with Gasteiger partial charge in [-0.2, -0.15) is 0 Å². The maximum absolute atomic E-state index is 13.3. The van der Waals surface area contributed by atoms with Crippen molar-refractivity contribution in [2.45, 2.75) is 84.0 Å². The lowest BCUT2D eigenvalue weighted by Gasteiger charge is -2.60. The van der Waals surface area contributed by atoms with E-state index in [0.717, 1.165) is 12.8 Å². The van der Waals surface area contributed by atoms with Gasteiger partial charge in [0.1, 0.15) is 6.10 Å². The fraction of sp³-hybridized carbons (Fsp3) is 0.700. The number of nitrogens with one attached hydrogen (secondary N) is 1. The quantitative estimate of drug-likeness (QED) is 0.354. The molecule has 1 aromatic carbocycles. The lowest BCUT2D eigenvalue weighted by atomic mass is 9.46. The molecule has 10 heteroatoms. The van der Waals surface area contributed by atoms with Crippen LogP contribution in [0.3, 0.4) is 0 Å². The van der Waals surface area contributed by atoms with Crippen LogP contribution in [-0.4, -0.2) is 82.8 Å². The molecular weight excluding hydrogens is 516 g/mol. The topological polar surface area (TPSA) is 146 Å². The zero-order valence-corrected chi connectivity index (χ0v) is 23.8. The highest BCUT2D eigenvalue weighted by Gasteiger charge is 2.60. The van der Waals surface area contributed by atoms with Crippen molar-refractivity contribution in [3.63, 3.8) is 0 Å². The summed E-state index contributed by atoms with van der Waals surface area (Å²) in [6, 6.07) is 6.25. The van der Waals surface area contributed by atoms with Crippen LogP contribution >= 0.6 is 0 Å². The first kappa shape index (κ1) is 30.3. The number of aliphatic hydroxyl groups excluding tert-OH is 3. The Bertz CT molecular complexity index is 1080. The van der Waals surface area contributed by atoms with E-state index in [0.29, 0.717) is 43.5 Å². The Balaban J connectivity index is 1.47. The highest BCUT2D eigenvalue weighted by Crippen LogP contribution is 2.61. The monoisotopic (exact) mass is 560 g/mol. The van der Waals surface area contributed by atoms with E-state index >= 15 is 0 Å². The second-order valence-corrected chi connectivity index (χ2v) is 12.1. The van der Waals surface area contributed by atoms with Crippen LogP contribution in [0.2, 0.25) is 0 Å². The van der Waals surface area contributed by atoms with Crippen molar-refractivity contribution in [2.75, 3.05) is 31.7 Å². The number of carbonyl (C=O) groups is 3. The summed E-state index contributed by atoms with van der Waals surface area (Å²) in [7, 11) is 0. The van der Waals surface area contributed by atoms with E-state index in [-0.39, 0.29) is 50.0 Å². The molecule has 2 aliphatic carbocycles. The minimum Gasteiger partial charge on any atom is -0.462 e. The van der Waals surface area contributed by atoms with Crippen molar-refractivity contribution < 1.29 is 39.2 Å². The number of hydrogen-bond donors (Lipinski definition) is 4. The second-order valence-electron chi connectivity index (χ2n) is 12.1. The molecule has 3 fully saturated rings. The van der Waals surface area contributed by atoms with Crippen molar-refractivity contribution in [2.24, 2.45) is 22.7 Å². The molecule has 2 amide bonds. The van der Waals surface area contributed by atoms with E-state index < -0.39 is 35.1 Å². The number of esters is 1. The number of ether oxygens (including phenoxy) is 2. The highest BCUT2D eigenvalue weighted by molar-refractivity contribution is 5.92. The van der Waals surface area contributed by atoms with E-state index in [1.165, 1.54) is 6.07 Å². The third-order valence-corrected chi connectivity index (χ3v) is 9.85. The number of amides is 2. The van der Waals surface area contributed by atoms with Gasteiger partial charge in [0.25, 0.3) is 0 Å². The fourth-order valence-electron chi connectivity index (χ4n) is 7.65. The lowest BCUT2D eigenvalue weighted by Crippen LogP contribution is -2.61. The molecule has 1 aromatic rings. The first-order chi connectivity index (χ1) is 19.1. The van der Waals surface area contributed by atoms with Crippen LogP contribution < -0.4 is 5.32 Å². The average molecular weight is 561 g/mol. The van der Waals surface area contributed by atoms with Crippen LogP contribution in [-0.2, 0) is 14.3 Å². The van der Waals surface area contributed by atoms with Gasteiger partial charge in [-0.1, -0.05) is 19.9 Å². The average Bonchev–Trinajstić information content (AvgIpc) is 3.42. The standard InChI is InChI=1S/C30H44N2O8/c1-4-39-27(37)19-7-5-8-20(15-19)31-28(38)40-25-12-13-29(2)22(16-26(36)32-14-6-9-21(32)17-33)23(35)10-11-24(29)30(25,3)18-34/h5,7-8,15,21-25,33-35H,4,6,9-14,16-18H2,1-3H3,(H,31,38). The Morgan fingerprint density at radius 2 is 1.90 bits per heavy atom. The molecule has 222 valence electrons. The van der Waals surface area contributed by atoms with Crippen LogP contribution in [0.25, 0.3) is 0 Å². The Labute approximate surface area is 236 Å². The molecule has 0 spiro atoms. The lowest BCUT2D eigenvalue weighted by molar-refractivity contribution is -0.186. The van der Waals surface area contributed by atoms with Crippen molar-refractivity contribution >= 4 is 23.7 Å². The molecule has 7 atom stereocenters. The first-order valence-electron chi connectivity index (χ1n) is 14.5. The zero-order chi connectivity index (χ0) is 29.1. The minimum absolute atomic E-state index is 0.0454. The molecule has 0 radical (unpaired) electrons. The van der Waals surface area contributed by atoms with Gasteiger partial charge in [0.15, 0.2) is 0 Å². The Hall–Kier alpha value is -2.69. The van der Waals surface area contributed by atoms with Gasteiger partial charge in [-0.3, -0.25) is 10.1 Å². The molecule has 2 saturated carbocycles. The van der Waals surface area contributed by atoms with Crippen molar-refractivity contribution in [3.8, 4) is 0 Å². The van der Waals surface area contributed by atoms with Gasteiger partial charge in [0.05, 0.1) is 37.5 Å². The first-order valence-corrected chi connectivity index (χ1v) is 14.5. The molecule has 4 rings (SSSR count). The van der Waals surface area contributed by atoms with E-state index in [1.807, 2.05) is 6.92 Å². The number of anilines is 1. The number of fused-ring (bicyclic) bond motifs is 1. The van der Waals surface area contributed by atoms with Crippen LogP contribution in [0.4, 0.5) is 10.5 Å². The summed E-state index contributed by atoms with van der Waals surface area (Å²) in [6.45, 7) is 6.33. The smallest absolute Gasteiger partial charge is 0.411 e. The van der Waals surface area contributed by atoms with Gasteiger partial charge in [0, 0.05) is 24.1 Å². The Morgan fingerprint density at radius 1 is 1.12 bits per heavy atom. The summed E-state index contributed by atoms with van der Waals surface area (Å²) in [5, 5.41) is 34.1. The summed E-state index contributed by atoms with van der Waals surface area (Å²) in [5.41, 5.74) is -0.512. The third kappa shape index (κ3) is 5.85. The molecular formula is C30H44N2O8. The Morgan fingerprint density at radius 3 is 2.60 bits per heavy atom. The summed E-state index contributed by atoms with van der Waals surface area (Å²) >= 11 is 0. The van der Waals surface area contributed by atoms with Gasteiger partial charge >= 0.3 is 12.1 Å². The molecule has 0 aromatic heterocycles. The maximum atomic E-state index is 13.3. The third-order valence-electron chi connectivity index (χ3n) is 9.85. The van der Waals surface area contributed by atoms with E-state index in [4.69, 9.17) is 9.47 Å². The minimum atomic E-state index is -0.778. The molecule has 4 N–H and O–H groups in total. The van der Waals surface area contributed by atoms with Crippen LogP contribution in [0.5, 0.6) is 0 Å². The molecule has 1 aliphatic heterocycles. The maximum Gasteiger partial charge on any atom is 0.411 e. The van der Waals surface area contributed by atoms with Gasteiger partial charge in [-0.25, -0.2) is 9.59 Å². The van der Waals surface area contributed by atoms with Crippen molar-refractivity contribution in [1.29, 1.82) is 0 Å². The molecule has 1 saturated heterocycles. The number of hydrogen-bond acceptors (Lipinski definition) is 8. The predicted octanol–water partition coefficient (Wildman–Crippen LogP) is 3.34. The molecule has 40 heavy (non-hydrogen) atoms. The Kier molecular flexibility index (Phi) is 9.42.